The zero-order valence-corrected chi connectivity index (χ0v) is 6.20. The predicted molar refractivity (Wildman–Crippen MR) is 39.4 cm³/mol. The fraction of sp³-hybridized carbons (Fsp3) is 0.429. The molecule has 0 saturated carbocycles. The van der Waals surface area contributed by atoms with E-state index in [0.29, 0.717) is 0 Å². The molecule has 10 heavy (non-hydrogen) atoms. The molecule has 0 radical (unpaired) electrons. The molecule has 0 saturated heterocycles. The largest absolute Gasteiger partial charge is 0.323 e. The summed E-state index contributed by atoms with van der Waals surface area (Å²) in [5, 5.41) is 0. The van der Waals surface area contributed by atoms with Gasteiger partial charge in [0.25, 0.3) is 0 Å². The maximum Gasteiger partial charge on any atom is 0.115 e. The van der Waals surface area contributed by atoms with Crippen LogP contribution in [-0.4, -0.2) is 9.97 Å². The summed E-state index contributed by atoms with van der Waals surface area (Å²) >= 11 is 0. The molecule has 0 aromatic carbocycles. The van der Waals surface area contributed by atoms with Crippen molar-refractivity contribution in [1.29, 1.82) is 0 Å². The Bertz CT molecular complexity index is 220. The molecule has 0 spiro atoms. The number of hydrogen-bond acceptors (Lipinski definition) is 3. The van der Waals surface area contributed by atoms with Crippen LogP contribution < -0.4 is 5.73 Å². The van der Waals surface area contributed by atoms with Crippen LogP contribution in [0.15, 0.2) is 12.4 Å². The van der Waals surface area contributed by atoms with Gasteiger partial charge in [-0.15, -0.1) is 0 Å². The number of rotatable bonds is 1. The second-order valence-electron chi connectivity index (χ2n) is 2.37. The Labute approximate surface area is 60.3 Å². The zero-order valence-electron chi connectivity index (χ0n) is 6.20. The SMILES string of the molecule is Cc1cc(C(C)N)ncn1. The van der Waals surface area contributed by atoms with Crippen molar-refractivity contribution < 1.29 is 0 Å². The lowest BCUT2D eigenvalue weighted by Gasteiger charge is -2.02. The molecule has 54 valence electrons. The van der Waals surface area contributed by atoms with E-state index < -0.39 is 0 Å². The van der Waals surface area contributed by atoms with Gasteiger partial charge in [0.1, 0.15) is 6.33 Å². The summed E-state index contributed by atoms with van der Waals surface area (Å²) < 4.78 is 0. The highest BCUT2D eigenvalue weighted by molar-refractivity contribution is 5.09. The van der Waals surface area contributed by atoms with E-state index in [1.807, 2.05) is 19.9 Å². The van der Waals surface area contributed by atoms with E-state index >= 15 is 0 Å². The Kier molecular flexibility index (Phi) is 1.97. The van der Waals surface area contributed by atoms with Crippen LogP contribution in [0.5, 0.6) is 0 Å². The number of nitrogens with zero attached hydrogens (tertiary/aromatic N) is 2. The van der Waals surface area contributed by atoms with Crippen LogP contribution in [0.4, 0.5) is 0 Å². The minimum absolute atomic E-state index is 0.00157. The highest BCUT2D eigenvalue weighted by Gasteiger charge is 1.99. The van der Waals surface area contributed by atoms with E-state index in [4.69, 9.17) is 5.73 Å². The van der Waals surface area contributed by atoms with Crippen molar-refractivity contribution in [2.24, 2.45) is 5.73 Å². The maximum absolute atomic E-state index is 5.59. The molecule has 1 atom stereocenters. The molecule has 1 rings (SSSR count). The van der Waals surface area contributed by atoms with Gasteiger partial charge in [0.2, 0.25) is 0 Å². The molecule has 1 unspecified atom stereocenters. The first-order chi connectivity index (χ1) is 4.70. The molecule has 1 aromatic rings. The monoisotopic (exact) mass is 137 g/mol. The smallest absolute Gasteiger partial charge is 0.115 e. The van der Waals surface area contributed by atoms with Gasteiger partial charge in [-0.25, -0.2) is 9.97 Å². The minimum Gasteiger partial charge on any atom is -0.323 e. The van der Waals surface area contributed by atoms with Gasteiger partial charge in [-0.2, -0.15) is 0 Å². The Morgan fingerprint density at radius 1 is 1.50 bits per heavy atom. The summed E-state index contributed by atoms with van der Waals surface area (Å²) in [4.78, 5) is 7.96. The van der Waals surface area contributed by atoms with Gasteiger partial charge >= 0.3 is 0 Å². The zero-order chi connectivity index (χ0) is 7.56. The van der Waals surface area contributed by atoms with E-state index in [-0.39, 0.29) is 6.04 Å². The third kappa shape index (κ3) is 1.51. The van der Waals surface area contributed by atoms with Gasteiger partial charge in [-0.05, 0) is 19.9 Å². The first-order valence-corrected chi connectivity index (χ1v) is 3.24. The Balaban J connectivity index is 2.96. The first kappa shape index (κ1) is 7.15. The lowest BCUT2D eigenvalue weighted by atomic mass is 10.2. The van der Waals surface area contributed by atoms with Gasteiger partial charge < -0.3 is 5.73 Å². The van der Waals surface area contributed by atoms with Crippen LogP contribution in [0.3, 0.4) is 0 Å². The molecular formula is C7H11N3. The Hall–Kier alpha value is -0.960. The minimum atomic E-state index is 0.00157. The van der Waals surface area contributed by atoms with Crippen molar-refractivity contribution in [1.82, 2.24) is 9.97 Å². The van der Waals surface area contributed by atoms with Gasteiger partial charge in [-0.1, -0.05) is 0 Å². The second-order valence-corrected chi connectivity index (χ2v) is 2.37. The fourth-order valence-electron chi connectivity index (χ4n) is 0.724. The standard InChI is InChI=1S/C7H11N3/c1-5-3-7(6(2)8)10-4-9-5/h3-4,6H,8H2,1-2H3. The van der Waals surface area contributed by atoms with E-state index in [0.717, 1.165) is 11.4 Å². The summed E-state index contributed by atoms with van der Waals surface area (Å²) in [6, 6.07) is 1.90. The molecule has 0 aliphatic rings. The van der Waals surface area contributed by atoms with E-state index in [1.54, 1.807) is 0 Å². The third-order valence-corrected chi connectivity index (χ3v) is 1.29. The molecule has 0 fully saturated rings. The lowest BCUT2D eigenvalue weighted by molar-refractivity contribution is 0.770. The summed E-state index contributed by atoms with van der Waals surface area (Å²) in [5.74, 6) is 0. The molecule has 1 aromatic heterocycles. The molecule has 3 nitrogen and oxygen atoms in total. The normalized spacial score (nSPS) is 13.1. The topological polar surface area (TPSA) is 51.8 Å². The molecule has 0 bridgehead atoms. The van der Waals surface area contributed by atoms with Crippen LogP contribution in [0, 0.1) is 6.92 Å². The van der Waals surface area contributed by atoms with Crippen LogP contribution in [0.2, 0.25) is 0 Å². The highest BCUT2D eigenvalue weighted by Crippen LogP contribution is 2.04. The summed E-state index contributed by atoms with van der Waals surface area (Å²) in [6.45, 7) is 3.83. The first-order valence-electron chi connectivity index (χ1n) is 3.24. The van der Waals surface area contributed by atoms with Crippen molar-refractivity contribution in [2.45, 2.75) is 19.9 Å². The van der Waals surface area contributed by atoms with Crippen LogP contribution in [0.1, 0.15) is 24.4 Å². The molecule has 0 amide bonds. The van der Waals surface area contributed by atoms with Crippen molar-refractivity contribution >= 4 is 0 Å². The van der Waals surface area contributed by atoms with Gasteiger partial charge in [0.15, 0.2) is 0 Å². The van der Waals surface area contributed by atoms with Crippen molar-refractivity contribution in [3.05, 3.63) is 23.8 Å². The van der Waals surface area contributed by atoms with Gasteiger partial charge in [0, 0.05) is 11.7 Å². The molecule has 0 aliphatic heterocycles. The van der Waals surface area contributed by atoms with Crippen molar-refractivity contribution in [3.63, 3.8) is 0 Å². The maximum atomic E-state index is 5.59. The van der Waals surface area contributed by atoms with E-state index in [1.165, 1.54) is 6.33 Å². The summed E-state index contributed by atoms with van der Waals surface area (Å²) in [6.07, 6.45) is 1.54. The predicted octanol–water partition coefficient (Wildman–Crippen LogP) is 0.805. The second kappa shape index (κ2) is 2.75. The quantitative estimate of drug-likeness (QED) is 0.623. The molecule has 3 heteroatoms. The summed E-state index contributed by atoms with van der Waals surface area (Å²) in [7, 11) is 0. The van der Waals surface area contributed by atoms with Crippen LogP contribution >= 0.6 is 0 Å². The Morgan fingerprint density at radius 3 is 2.60 bits per heavy atom. The van der Waals surface area contributed by atoms with Crippen molar-refractivity contribution in [2.75, 3.05) is 0 Å². The Morgan fingerprint density at radius 2 is 2.20 bits per heavy atom. The molecule has 2 N–H and O–H groups in total. The van der Waals surface area contributed by atoms with E-state index in [2.05, 4.69) is 9.97 Å². The van der Waals surface area contributed by atoms with Crippen LogP contribution in [0.25, 0.3) is 0 Å². The number of aromatic nitrogens is 2. The fourth-order valence-corrected chi connectivity index (χ4v) is 0.724. The number of aryl methyl sites for hydroxylation is 1. The number of hydrogen-bond donors (Lipinski definition) is 1. The van der Waals surface area contributed by atoms with Gasteiger partial charge in [-0.3, -0.25) is 0 Å². The van der Waals surface area contributed by atoms with Crippen molar-refractivity contribution in [3.8, 4) is 0 Å². The number of nitrogens with two attached hydrogens (primary N) is 1. The molecule has 0 aliphatic carbocycles. The highest BCUT2D eigenvalue weighted by atomic mass is 14.9. The average molecular weight is 137 g/mol. The average Bonchev–Trinajstić information content (AvgIpc) is 1.88. The third-order valence-electron chi connectivity index (χ3n) is 1.29. The molecule has 1 heterocycles. The lowest BCUT2D eigenvalue weighted by Crippen LogP contribution is -2.07. The van der Waals surface area contributed by atoms with Gasteiger partial charge in [0.05, 0.1) is 5.69 Å². The summed E-state index contributed by atoms with van der Waals surface area (Å²) in [5.41, 5.74) is 7.45. The molecular weight excluding hydrogens is 126 g/mol. The van der Waals surface area contributed by atoms with E-state index in [9.17, 15) is 0 Å². The van der Waals surface area contributed by atoms with Crippen LogP contribution in [-0.2, 0) is 0 Å².